The number of amides is 1. The summed E-state index contributed by atoms with van der Waals surface area (Å²) in [5, 5.41) is 3.29. The monoisotopic (exact) mass is 260 g/mol. The molecular formula is C11H14Cl2N2O. The summed E-state index contributed by atoms with van der Waals surface area (Å²) >= 11 is 11.4. The van der Waals surface area contributed by atoms with Crippen LogP contribution < -0.4 is 5.32 Å². The lowest BCUT2D eigenvalue weighted by molar-refractivity contribution is 0.0951. The third-order valence-electron chi connectivity index (χ3n) is 2.07. The van der Waals surface area contributed by atoms with E-state index in [0.717, 1.165) is 6.42 Å². The smallest absolute Gasteiger partial charge is 0.252 e. The van der Waals surface area contributed by atoms with Gasteiger partial charge in [0.2, 0.25) is 0 Å². The Morgan fingerprint density at radius 2 is 2.19 bits per heavy atom. The van der Waals surface area contributed by atoms with Crippen LogP contribution in [0.25, 0.3) is 0 Å². The molecule has 5 heteroatoms. The van der Waals surface area contributed by atoms with E-state index in [1.54, 1.807) is 0 Å². The fourth-order valence-corrected chi connectivity index (χ4v) is 1.39. The first-order chi connectivity index (χ1) is 7.50. The molecule has 0 unspecified atom stereocenters. The van der Waals surface area contributed by atoms with E-state index >= 15 is 0 Å². The van der Waals surface area contributed by atoms with Crippen LogP contribution in [0, 0.1) is 5.92 Å². The standard InChI is InChI=1S/C11H14Cl2N2O/c1-7(2)3-4-14-11(16)8-5-9(12)10(13)15-6-8/h5-7H,3-4H2,1-2H3,(H,14,16). The maximum absolute atomic E-state index is 11.6. The van der Waals surface area contributed by atoms with Gasteiger partial charge < -0.3 is 5.32 Å². The molecule has 0 bridgehead atoms. The Bertz CT molecular complexity index is 380. The first-order valence-electron chi connectivity index (χ1n) is 5.10. The van der Waals surface area contributed by atoms with Gasteiger partial charge >= 0.3 is 0 Å². The molecule has 0 saturated carbocycles. The molecule has 88 valence electrons. The molecule has 1 aromatic rings. The third-order valence-corrected chi connectivity index (χ3v) is 2.75. The molecule has 16 heavy (non-hydrogen) atoms. The maximum atomic E-state index is 11.6. The number of aromatic nitrogens is 1. The van der Waals surface area contributed by atoms with Gasteiger partial charge in [-0.3, -0.25) is 4.79 Å². The lowest BCUT2D eigenvalue weighted by atomic mass is 10.1. The number of hydrogen-bond acceptors (Lipinski definition) is 2. The molecule has 1 rings (SSSR count). The molecule has 0 atom stereocenters. The van der Waals surface area contributed by atoms with Crippen LogP contribution in [0.1, 0.15) is 30.6 Å². The van der Waals surface area contributed by atoms with E-state index in [1.165, 1.54) is 12.3 Å². The highest BCUT2D eigenvalue weighted by molar-refractivity contribution is 6.41. The second kappa shape index (κ2) is 6.06. The molecule has 0 spiro atoms. The Morgan fingerprint density at radius 1 is 1.50 bits per heavy atom. The van der Waals surface area contributed by atoms with Gasteiger partial charge in [0.1, 0.15) is 5.15 Å². The van der Waals surface area contributed by atoms with Gasteiger partial charge in [-0.1, -0.05) is 37.0 Å². The number of carbonyl (C=O) groups is 1. The largest absolute Gasteiger partial charge is 0.352 e. The Hall–Kier alpha value is -0.800. The van der Waals surface area contributed by atoms with Gasteiger partial charge in [0.05, 0.1) is 10.6 Å². The molecule has 0 aliphatic carbocycles. The highest BCUT2D eigenvalue weighted by Crippen LogP contribution is 2.19. The van der Waals surface area contributed by atoms with Crippen molar-refractivity contribution in [1.29, 1.82) is 0 Å². The topological polar surface area (TPSA) is 42.0 Å². The minimum Gasteiger partial charge on any atom is -0.352 e. The van der Waals surface area contributed by atoms with Crippen molar-refractivity contribution in [2.45, 2.75) is 20.3 Å². The van der Waals surface area contributed by atoms with E-state index in [1.807, 2.05) is 0 Å². The summed E-state index contributed by atoms with van der Waals surface area (Å²) in [5.74, 6) is 0.388. The molecule has 0 saturated heterocycles. The molecule has 0 radical (unpaired) electrons. The summed E-state index contributed by atoms with van der Waals surface area (Å²) < 4.78 is 0. The maximum Gasteiger partial charge on any atom is 0.252 e. The van der Waals surface area contributed by atoms with Crippen molar-refractivity contribution in [3.63, 3.8) is 0 Å². The van der Waals surface area contributed by atoms with Crippen molar-refractivity contribution in [2.75, 3.05) is 6.54 Å². The number of nitrogens with one attached hydrogen (secondary N) is 1. The first kappa shape index (κ1) is 13.3. The molecule has 1 heterocycles. The highest BCUT2D eigenvalue weighted by atomic mass is 35.5. The van der Waals surface area contributed by atoms with E-state index < -0.39 is 0 Å². The second-order valence-electron chi connectivity index (χ2n) is 3.94. The lowest BCUT2D eigenvalue weighted by Gasteiger charge is -2.07. The van der Waals surface area contributed by atoms with Crippen LogP contribution in [0.4, 0.5) is 0 Å². The fourth-order valence-electron chi connectivity index (χ4n) is 1.12. The van der Waals surface area contributed by atoms with E-state index in [9.17, 15) is 4.79 Å². The van der Waals surface area contributed by atoms with Crippen molar-refractivity contribution in [3.05, 3.63) is 28.0 Å². The predicted molar refractivity (Wildman–Crippen MR) is 66.0 cm³/mol. The number of rotatable bonds is 4. The van der Waals surface area contributed by atoms with Gasteiger partial charge in [-0.2, -0.15) is 0 Å². The van der Waals surface area contributed by atoms with Crippen LogP contribution in [-0.2, 0) is 0 Å². The molecule has 1 amide bonds. The Labute approximate surface area is 105 Å². The summed E-state index contributed by atoms with van der Waals surface area (Å²) in [6.07, 6.45) is 2.36. The number of nitrogens with zero attached hydrogens (tertiary/aromatic N) is 1. The van der Waals surface area contributed by atoms with Crippen LogP contribution in [0.3, 0.4) is 0 Å². The summed E-state index contributed by atoms with van der Waals surface area (Å²) in [4.78, 5) is 15.5. The van der Waals surface area contributed by atoms with Gasteiger partial charge in [0.25, 0.3) is 5.91 Å². The zero-order valence-electron chi connectivity index (χ0n) is 9.26. The van der Waals surface area contributed by atoms with Gasteiger partial charge in [0.15, 0.2) is 0 Å². The number of pyridine rings is 1. The van der Waals surface area contributed by atoms with Gasteiger partial charge in [0, 0.05) is 12.7 Å². The minimum atomic E-state index is -0.174. The molecule has 1 N–H and O–H groups in total. The predicted octanol–water partition coefficient (Wildman–Crippen LogP) is 3.16. The normalized spacial score (nSPS) is 10.6. The average molecular weight is 261 g/mol. The van der Waals surface area contributed by atoms with Gasteiger partial charge in [-0.25, -0.2) is 4.98 Å². The van der Waals surface area contributed by atoms with Crippen LogP contribution >= 0.6 is 23.2 Å². The average Bonchev–Trinajstić information content (AvgIpc) is 2.21. The van der Waals surface area contributed by atoms with E-state index in [4.69, 9.17) is 23.2 Å². The lowest BCUT2D eigenvalue weighted by Crippen LogP contribution is -2.25. The minimum absolute atomic E-state index is 0.174. The Kier molecular flexibility index (Phi) is 5.03. The van der Waals surface area contributed by atoms with Crippen molar-refractivity contribution in [3.8, 4) is 0 Å². The molecule has 0 aliphatic rings. The van der Waals surface area contributed by atoms with Gasteiger partial charge in [-0.05, 0) is 18.4 Å². The molecule has 0 aliphatic heterocycles. The Balaban J connectivity index is 2.56. The Morgan fingerprint density at radius 3 is 2.75 bits per heavy atom. The number of halogens is 2. The van der Waals surface area contributed by atoms with Crippen molar-refractivity contribution in [2.24, 2.45) is 5.92 Å². The number of carbonyl (C=O) groups excluding carboxylic acids is 1. The van der Waals surface area contributed by atoms with Crippen molar-refractivity contribution in [1.82, 2.24) is 10.3 Å². The zero-order valence-corrected chi connectivity index (χ0v) is 10.8. The van der Waals surface area contributed by atoms with Crippen molar-refractivity contribution >= 4 is 29.1 Å². The van der Waals surface area contributed by atoms with Crippen LogP contribution in [0.2, 0.25) is 10.2 Å². The van der Waals surface area contributed by atoms with Gasteiger partial charge in [-0.15, -0.1) is 0 Å². The summed E-state index contributed by atoms with van der Waals surface area (Å²) in [7, 11) is 0. The third kappa shape index (κ3) is 3.99. The van der Waals surface area contributed by atoms with Crippen molar-refractivity contribution < 1.29 is 4.79 Å². The summed E-state index contributed by atoms with van der Waals surface area (Å²) in [6, 6.07) is 1.52. The van der Waals surface area contributed by atoms with E-state index in [-0.39, 0.29) is 16.1 Å². The van der Waals surface area contributed by atoms with Crippen LogP contribution in [0.5, 0.6) is 0 Å². The molecule has 0 fully saturated rings. The summed E-state index contributed by atoms with van der Waals surface area (Å²) in [5.41, 5.74) is 0.429. The molecular weight excluding hydrogens is 247 g/mol. The summed E-state index contributed by atoms with van der Waals surface area (Å²) in [6.45, 7) is 4.86. The molecule has 3 nitrogen and oxygen atoms in total. The first-order valence-corrected chi connectivity index (χ1v) is 5.85. The SMILES string of the molecule is CC(C)CCNC(=O)c1cnc(Cl)c(Cl)c1. The highest BCUT2D eigenvalue weighted by Gasteiger charge is 2.08. The fraction of sp³-hybridized carbons (Fsp3) is 0.455. The number of hydrogen-bond donors (Lipinski definition) is 1. The van der Waals surface area contributed by atoms with Crippen LogP contribution in [0.15, 0.2) is 12.3 Å². The quantitative estimate of drug-likeness (QED) is 0.846. The zero-order chi connectivity index (χ0) is 12.1. The molecule has 1 aromatic heterocycles. The van der Waals surface area contributed by atoms with E-state index in [2.05, 4.69) is 24.1 Å². The van der Waals surface area contributed by atoms with E-state index in [0.29, 0.717) is 18.0 Å². The molecule has 0 aromatic carbocycles. The van der Waals surface area contributed by atoms with Crippen LogP contribution in [-0.4, -0.2) is 17.4 Å². The second-order valence-corrected chi connectivity index (χ2v) is 4.70.